The molecule has 1 aromatic rings. The van der Waals surface area contributed by atoms with Crippen LogP contribution < -0.4 is 11.1 Å². The van der Waals surface area contributed by atoms with E-state index in [-0.39, 0.29) is 6.42 Å². The van der Waals surface area contributed by atoms with Crippen LogP contribution in [0.15, 0.2) is 24.3 Å². The summed E-state index contributed by atoms with van der Waals surface area (Å²) in [6, 6.07) is 6.79. The van der Waals surface area contributed by atoms with Crippen LogP contribution in [0.2, 0.25) is 0 Å². The number of anilines is 1. The standard InChI is InChI=1S/C11H14F2N2O2/c12-11(13)9(16)6-15-10(17)5-7-3-1-2-4-8(7)14/h1-4,9,11,16H,5-6,14H2,(H,15,17). The molecule has 0 saturated heterocycles. The zero-order chi connectivity index (χ0) is 12.8. The van der Waals surface area contributed by atoms with E-state index < -0.39 is 25.0 Å². The van der Waals surface area contributed by atoms with Crippen molar-refractivity contribution in [1.29, 1.82) is 0 Å². The van der Waals surface area contributed by atoms with Crippen molar-refractivity contribution in [3.05, 3.63) is 29.8 Å². The normalized spacial score (nSPS) is 12.5. The molecule has 0 heterocycles. The Labute approximate surface area is 97.4 Å². The monoisotopic (exact) mass is 244 g/mol. The minimum absolute atomic E-state index is 0.00261. The van der Waals surface area contributed by atoms with Crippen LogP contribution in [-0.4, -0.2) is 30.1 Å². The third-order valence-corrected chi connectivity index (χ3v) is 2.21. The molecule has 6 heteroatoms. The van der Waals surface area contributed by atoms with Crippen LogP contribution in [-0.2, 0) is 11.2 Å². The molecule has 0 aromatic heterocycles. The highest BCUT2D eigenvalue weighted by molar-refractivity contribution is 5.80. The molecular formula is C11H14F2N2O2. The van der Waals surface area contributed by atoms with Crippen molar-refractivity contribution in [1.82, 2.24) is 5.32 Å². The van der Waals surface area contributed by atoms with Crippen molar-refractivity contribution in [2.75, 3.05) is 12.3 Å². The van der Waals surface area contributed by atoms with Gasteiger partial charge in [-0.1, -0.05) is 18.2 Å². The van der Waals surface area contributed by atoms with Gasteiger partial charge in [0.15, 0.2) is 0 Å². The Bertz CT molecular complexity index is 385. The highest BCUT2D eigenvalue weighted by Crippen LogP contribution is 2.10. The van der Waals surface area contributed by atoms with Gasteiger partial charge >= 0.3 is 0 Å². The second kappa shape index (κ2) is 6.15. The number of aliphatic hydroxyl groups excluding tert-OH is 1. The van der Waals surface area contributed by atoms with Gasteiger partial charge in [-0.3, -0.25) is 4.79 Å². The molecule has 17 heavy (non-hydrogen) atoms. The van der Waals surface area contributed by atoms with Gasteiger partial charge < -0.3 is 16.2 Å². The number of nitrogens with two attached hydrogens (primary N) is 1. The first kappa shape index (κ1) is 13.4. The number of amides is 1. The van der Waals surface area contributed by atoms with Gasteiger partial charge in [0, 0.05) is 12.2 Å². The SMILES string of the molecule is Nc1ccccc1CC(=O)NCC(O)C(F)F. The molecule has 0 radical (unpaired) electrons. The Morgan fingerprint density at radius 2 is 2.06 bits per heavy atom. The summed E-state index contributed by atoms with van der Waals surface area (Å²) < 4.78 is 23.9. The quantitative estimate of drug-likeness (QED) is 0.662. The van der Waals surface area contributed by atoms with E-state index in [0.29, 0.717) is 11.3 Å². The second-order valence-corrected chi connectivity index (χ2v) is 3.58. The average Bonchev–Trinajstić information content (AvgIpc) is 2.29. The summed E-state index contributed by atoms with van der Waals surface area (Å²) in [5.74, 6) is -0.456. The van der Waals surface area contributed by atoms with Crippen molar-refractivity contribution in [3.63, 3.8) is 0 Å². The Balaban J connectivity index is 2.43. The van der Waals surface area contributed by atoms with E-state index in [2.05, 4.69) is 5.32 Å². The largest absolute Gasteiger partial charge is 0.398 e. The number of nitrogens with one attached hydrogen (secondary N) is 1. The first-order chi connectivity index (χ1) is 8.00. The summed E-state index contributed by atoms with van der Waals surface area (Å²) in [4.78, 5) is 11.4. The molecule has 0 spiro atoms. The lowest BCUT2D eigenvalue weighted by atomic mass is 10.1. The van der Waals surface area contributed by atoms with Crippen molar-refractivity contribution in [2.45, 2.75) is 19.0 Å². The summed E-state index contributed by atoms with van der Waals surface area (Å²) in [5, 5.41) is 11.0. The molecule has 94 valence electrons. The lowest BCUT2D eigenvalue weighted by molar-refractivity contribution is -0.121. The molecule has 1 amide bonds. The van der Waals surface area contributed by atoms with Gasteiger partial charge in [0.25, 0.3) is 6.43 Å². The zero-order valence-electron chi connectivity index (χ0n) is 9.07. The lowest BCUT2D eigenvalue weighted by Crippen LogP contribution is -2.36. The maximum Gasteiger partial charge on any atom is 0.265 e. The van der Waals surface area contributed by atoms with Crippen molar-refractivity contribution in [3.8, 4) is 0 Å². The predicted molar refractivity (Wildman–Crippen MR) is 59.6 cm³/mol. The van der Waals surface area contributed by atoms with Crippen LogP contribution in [0, 0.1) is 0 Å². The third-order valence-electron chi connectivity index (χ3n) is 2.21. The molecule has 0 aliphatic carbocycles. The first-order valence-electron chi connectivity index (χ1n) is 5.07. The van der Waals surface area contributed by atoms with E-state index >= 15 is 0 Å². The van der Waals surface area contributed by atoms with Crippen molar-refractivity contribution in [2.24, 2.45) is 0 Å². The smallest absolute Gasteiger partial charge is 0.265 e. The Kier molecular flexibility index (Phi) is 4.84. The topological polar surface area (TPSA) is 75.4 Å². The predicted octanol–water partition coefficient (Wildman–Crippen LogP) is 0.553. The van der Waals surface area contributed by atoms with E-state index in [4.69, 9.17) is 10.8 Å². The number of alkyl halides is 2. The lowest BCUT2D eigenvalue weighted by Gasteiger charge is -2.11. The van der Waals surface area contributed by atoms with Crippen molar-refractivity contribution >= 4 is 11.6 Å². The molecule has 1 rings (SSSR count). The minimum atomic E-state index is -2.86. The van der Waals surface area contributed by atoms with E-state index in [9.17, 15) is 13.6 Å². The number of benzene rings is 1. The van der Waals surface area contributed by atoms with E-state index in [0.717, 1.165) is 0 Å². The van der Waals surface area contributed by atoms with Crippen LogP contribution in [0.1, 0.15) is 5.56 Å². The first-order valence-corrected chi connectivity index (χ1v) is 5.07. The molecule has 0 aliphatic rings. The van der Waals surface area contributed by atoms with Crippen LogP contribution in [0.25, 0.3) is 0 Å². The number of hydrogen-bond acceptors (Lipinski definition) is 3. The number of nitrogen functional groups attached to an aromatic ring is 1. The maximum atomic E-state index is 11.9. The van der Waals surface area contributed by atoms with Crippen LogP contribution in [0.4, 0.5) is 14.5 Å². The molecule has 4 N–H and O–H groups in total. The summed E-state index contributed by atoms with van der Waals surface area (Å²) in [6.07, 6.45) is -4.70. The van der Waals surface area contributed by atoms with Gasteiger partial charge in [0.2, 0.25) is 5.91 Å². The minimum Gasteiger partial charge on any atom is -0.398 e. The van der Waals surface area contributed by atoms with E-state index in [1.165, 1.54) is 0 Å². The van der Waals surface area contributed by atoms with Gasteiger partial charge in [0.1, 0.15) is 6.10 Å². The zero-order valence-corrected chi connectivity index (χ0v) is 9.07. The molecule has 1 unspecified atom stereocenters. The fraction of sp³-hybridized carbons (Fsp3) is 0.364. The number of hydrogen-bond donors (Lipinski definition) is 3. The number of rotatable bonds is 5. The number of halogens is 2. The maximum absolute atomic E-state index is 11.9. The summed E-state index contributed by atoms with van der Waals surface area (Å²) in [5.41, 5.74) is 6.71. The number of para-hydroxylation sites is 1. The third kappa shape index (κ3) is 4.36. The number of carbonyl (C=O) groups excluding carboxylic acids is 1. The average molecular weight is 244 g/mol. The fourth-order valence-corrected chi connectivity index (χ4v) is 1.24. The van der Waals surface area contributed by atoms with Gasteiger partial charge in [-0.15, -0.1) is 0 Å². The number of aliphatic hydroxyl groups is 1. The Morgan fingerprint density at radius 1 is 1.41 bits per heavy atom. The van der Waals surface area contributed by atoms with Gasteiger partial charge in [0.05, 0.1) is 6.42 Å². The van der Waals surface area contributed by atoms with E-state index in [1.54, 1.807) is 24.3 Å². The molecule has 4 nitrogen and oxygen atoms in total. The number of carbonyl (C=O) groups is 1. The molecule has 0 saturated carbocycles. The second-order valence-electron chi connectivity index (χ2n) is 3.58. The van der Waals surface area contributed by atoms with Crippen LogP contribution in [0.3, 0.4) is 0 Å². The molecule has 1 atom stereocenters. The molecule has 0 bridgehead atoms. The molecule has 1 aromatic carbocycles. The Hall–Kier alpha value is -1.69. The fourth-order valence-electron chi connectivity index (χ4n) is 1.24. The van der Waals surface area contributed by atoms with Gasteiger partial charge in [-0.25, -0.2) is 8.78 Å². The molecule has 0 aliphatic heterocycles. The highest BCUT2D eigenvalue weighted by Gasteiger charge is 2.17. The van der Waals surface area contributed by atoms with Crippen LogP contribution in [0.5, 0.6) is 0 Å². The molecular weight excluding hydrogens is 230 g/mol. The summed E-state index contributed by atoms with van der Waals surface area (Å²) in [7, 11) is 0. The Morgan fingerprint density at radius 3 is 2.65 bits per heavy atom. The van der Waals surface area contributed by atoms with Crippen molar-refractivity contribution < 1.29 is 18.7 Å². The molecule has 0 fully saturated rings. The highest BCUT2D eigenvalue weighted by atomic mass is 19.3. The van der Waals surface area contributed by atoms with E-state index in [1.807, 2.05) is 0 Å². The summed E-state index contributed by atoms with van der Waals surface area (Å²) >= 11 is 0. The van der Waals surface area contributed by atoms with Gasteiger partial charge in [-0.2, -0.15) is 0 Å². The van der Waals surface area contributed by atoms with Gasteiger partial charge in [-0.05, 0) is 11.6 Å². The van der Waals surface area contributed by atoms with Crippen LogP contribution >= 0.6 is 0 Å². The summed E-state index contributed by atoms with van der Waals surface area (Å²) in [6.45, 7) is -0.469.